The van der Waals surface area contributed by atoms with E-state index in [1.165, 1.54) is 218 Å². The van der Waals surface area contributed by atoms with E-state index in [-0.39, 0.29) is 83.0 Å². The summed E-state index contributed by atoms with van der Waals surface area (Å²) in [6, 6.07) is 0. The van der Waals surface area contributed by atoms with Gasteiger partial charge in [-0.1, -0.05) is 310 Å². The molecule has 0 bridgehead atoms. The number of hydrogen-bond donors (Lipinski definition) is 3. The Hall–Kier alpha value is -2.77. The molecular formula is C73H138O13. The van der Waals surface area contributed by atoms with Crippen LogP contribution < -0.4 is 0 Å². The van der Waals surface area contributed by atoms with Crippen molar-refractivity contribution in [1.82, 2.24) is 0 Å². The average Bonchev–Trinajstić information content (AvgIpc) is 3.59. The smallest absolute Gasteiger partial charge is 0.305 e. The summed E-state index contributed by atoms with van der Waals surface area (Å²) >= 11 is 0. The average molecular weight is 1220 g/mol. The molecule has 0 spiro atoms. The maximum atomic E-state index is 13.0. The highest BCUT2D eigenvalue weighted by Gasteiger charge is 2.36. The lowest BCUT2D eigenvalue weighted by Gasteiger charge is -2.30. The Kier molecular flexibility index (Phi) is 61.7. The van der Waals surface area contributed by atoms with E-state index in [0.717, 1.165) is 70.6 Å². The molecule has 13 heteroatoms. The number of esters is 5. The molecule has 0 unspecified atom stereocenters. The van der Waals surface area contributed by atoms with Crippen LogP contribution in [0.25, 0.3) is 0 Å². The first-order valence-electron chi connectivity index (χ1n) is 36.7. The standard InChI is InChI=1S/C73H138O13/c1-4-7-10-13-16-19-22-25-28-31-34-37-40-44-49-54-67(77)82-62-72(59-74,60-75)63-83-68(78)55-52-47-43-48-53-58-71(81)86-66-73(61-76,64-84-69(79)56-50-45-41-38-35-32-29-26-23-20-17-14-11-8-5-2)65-85-70(80)57-51-46-42-39-36-33-30-27-24-21-18-15-12-9-6-3/h74-76H,4-66H2,1-3H3. The number of hydrogen-bond acceptors (Lipinski definition) is 13. The third kappa shape index (κ3) is 55.3. The van der Waals surface area contributed by atoms with Gasteiger partial charge in [0.15, 0.2) is 0 Å². The zero-order valence-electron chi connectivity index (χ0n) is 56.5. The molecule has 0 radical (unpaired) electrons. The molecule has 0 aromatic rings. The van der Waals surface area contributed by atoms with E-state index < -0.39 is 42.6 Å². The fourth-order valence-electron chi connectivity index (χ4n) is 11.1. The van der Waals surface area contributed by atoms with E-state index >= 15 is 0 Å². The van der Waals surface area contributed by atoms with Crippen molar-refractivity contribution in [1.29, 1.82) is 0 Å². The first-order valence-corrected chi connectivity index (χ1v) is 36.7. The van der Waals surface area contributed by atoms with Gasteiger partial charge in [-0.15, -0.1) is 0 Å². The van der Waals surface area contributed by atoms with Crippen LogP contribution in [0.3, 0.4) is 0 Å². The molecule has 0 saturated carbocycles. The molecule has 13 nitrogen and oxygen atoms in total. The van der Waals surface area contributed by atoms with Gasteiger partial charge < -0.3 is 39.0 Å². The van der Waals surface area contributed by atoms with Gasteiger partial charge in [0.25, 0.3) is 0 Å². The summed E-state index contributed by atoms with van der Waals surface area (Å²) in [5.74, 6) is -2.10. The second kappa shape index (κ2) is 63.8. The molecule has 86 heavy (non-hydrogen) atoms. The van der Waals surface area contributed by atoms with E-state index in [4.69, 9.17) is 23.7 Å². The fraction of sp³-hybridized carbons (Fsp3) is 0.932. The maximum absolute atomic E-state index is 13.0. The lowest BCUT2D eigenvalue weighted by Crippen LogP contribution is -2.42. The van der Waals surface area contributed by atoms with Crippen molar-refractivity contribution >= 4 is 29.8 Å². The van der Waals surface area contributed by atoms with Crippen LogP contribution in [0, 0.1) is 10.8 Å². The highest BCUT2D eigenvalue weighted by Crippen LogP contribution is 2.24. The van der Waals surface area contributed by atoms with Gasteiger partial charge in [-0.05, 0) is 32.1 Å². The monoisotopic (exact) mass is 1220 g/mol. The Bertz CT molecular complexity index is 1470. The van der Waals surface area contributed by atoms with Gasteiger partial charge in [0.2, 0.25) is 0 Å². The molecule has 0 heterocycles. The normalized spacial score (nSPS) is 11.7. The second-order valence-electron chi connectivity index (χ2n) is 26.1. The lowest BCUT2D eigenvalue weighted by atomic mass is 9.92. The molecule has 0 aliphatic rings. The molecular weight excluding hydrogens is 1080 g/mol. The maximum Gasteiger partial charge on any atom is 0.305 e. The summed E-state index contributed by atoms with van der Waals surface area (Å²) in [4.78, 5) is 64.0. The summed E-state index contributed by atoms with van der Waals surface area (Å²) in [6.45, 7) is 4.00. The second-order valence-corrected chi connectivity index (χ2v) is 26.1. The van der Waals surface area contributed by atoms with Gasteiger partial charge in [-0.3, -0.25) is 24.0 Å². The van der Waals surface area contributed by atoms with Crippen LogP contribution in [-0.4, -0.2) is 98.0 Å². The number of rotatable bonds is 69. The summed E-state index contributed by atoms with van der Waals surface area (Å²) < 4.78 is 27.8. The Labute approximate surface area is 528 Å². The van der Waals surface area contributed by atoms with Gasteiger partial charge >= 0.3 is 29.8 Å². The zero-order valence-corrected chi connectivity index (χ0v) is 56.5. The Morgan fingerprint density at radius 1 is 0.209 bits per heavy atom. The van der Waals surface area contributed by atoms with E-state index in [9.17, 15) is 39.3 Å². The quantitative estimate of drug-likeness (QED) is 0.0296. The molecule has 508 valence electrons. The van der Waals surface area contributed by atoms with Crippen molar-refractivity contribution < 1.29 is 63.0 Å². The van der Waals surface area contributed by atoms with Crippen LogP contribution in [0.2, 0.25) is 0 Å². The number of unbranched alkanes of at least 4 members (excludes halogenated alkanes) is 46. The predicted molar refractivity (Wildman–Crippen MR) is 352 cm³/mol. The van der Waals surface area contributed by atoms with Gasteiger partial charge in [-0.25, -0.2) is 0 Å². The lowest BCUT2D eigenvalue weighted by molar-refractivity contribution is -0.166. The van der Waals surface area contributed by atoms with Crippen molar-refractivity contribution in [2.45, 2.75) is 374 Å². The van der Waals surface area contributed by atoms with Crippen LogP contribution in [0.1, 0.15) is 374 Å². The minimum Gasteiger partial charge on any atom is -0.465 e. The third-order valence-electron chi connectivity index (χ3n) is 17.4. The van der Waals surface area contributed by atoms with Crippen molar-refractivity contribution in [3.05, 3.63) is 0 Å². The van der Waals surface area contributed by atoms with E-state index in [1.807, 2.05) is 0 Å². The Morgan fingerprint density at radius 3 is 0.477 bits per heavy atom. The minimum absolute atomic E-state index is 0.135. The molecule has 0 aliphatic heterocycles. The molecule has 0 amide bonds. The topological polar surface area (TPSA) is 192 Å². The van der Waals surface area contributed by atoms with Crippen LogP contribution in [0.15, 0.2) is 0 Å². The van der Waals surface area contributed by atoms with E-state index in [1.54, 1.807) is 0 Å². The van der Waals surface area contributed by atoms with Crippen molar-refractivity contribution in [2.75, 3.05) is 52.9 Å². The van der Waals surface area contributed by atoms with E-state index in [0.29, 0.717) is 32.1 Å². The highest BCUT2D eigenvalue weighted by molar-refractivity contribution is 5.71. The fourth-order valence-corrected chi connectivity index (χ4v) is 11.1. The first kappa shape index (κ1) is 83.2. The number of carbonyl (C=O) groups is 5. The molecule has 0 saturated heterocycles. The molecule has 3 N–H and O–H groups in total. The van der Waals surface area contributed by atoms with E-state index in [2.05, 4.69) is 20.8 Å². The first-order chi connectivity index (χ1) is 42.0. The van der Waals surface area contributed by atoms with Gasteiger partial charge in [-0.2, -0.15) is 0 Å². The van der Waals surface area contributed by atoms with Gasteiger partial charge in [0.05, 0.1) is 30.7 Å². The summed E-state index contributed by atoms with van der Waals surface area (Å²) in [7, 11) is 0. The minimum atomic E-state index is -1.29. The number of aliphatic hydroxyl groups is 3. The summed E-state index contributed by atoms with van der Waals surface area (Å²) in [5.41, 5.74) is -2.57. The largest absolute Gasteiger partial charge is 0.465 e. The molecule has 0 aliphatic carbocycles. The molecule has 0 aromatic carbocycles. The van der Waals surface area contributed by atoms with Crippen LogP contribution in [0.4, 0.5) is 0 Å². The van der Waals surface area contributed by atoms with Crippen LogP contribution >= 0.6 is 0 Å². The highest BCUT2D eigenvalue weighted by atomic mass is 16.6. The van der Waals surface area contributed by atoms with Gasteiger partial charge in [0, 0.05) is 32.1 Å². The summed E-state index contributed by atoms with van der Waals surface area (Å²) in [6.07, 6.45) is 59.8. The molecule has 0 fully saturated rings. The van der Waals surface area contributed by atoms with Crippen LogP contribution in [0.5, 0.6) is 0 Å². The number of carbonyl (C=O) groups excluding carboxylic acids is 5. The van der Waals surface area contributed by atoms with Gasteiger partial charge in [0.1, 0.15) is 33.0 Å². The molecule has 0 aromatic heterocycles. The van der Waals surface area contributed by atoms with Crippen LogP contribution in [-0.2, 0) is 47.7 Å². The third-order valence-corrected chi connectivity index (χ3v) is 17.4. The molecule has 0 atom stereocenters. The Balaban J connectivity index is 4.69. The Morgan fingerprint density at radius 2 is 0.337 bits per heavy atom. The number of aliphatic hydroxyl groups excluding tert-OH is 3. The zero-order chi connectivity index (χ0) is 63.0. The SMILES string of the molecule is CCCCCCCCCCCCCCCCCC(=O)OCC(CO)(CO)COC(=O)CCCCCCCC(=O)OCC(CO)(COC(=O)CCCCCCCCCCCCCCCCC)COC(=O)CCCCCCCCCCCCCCCCC. The number of ether oxygens (including phenoxy) is 5. The van der Waals surface area contributed by atoms with Crippen molar-refractivity contribution in [2.24, 2.45) is 10.8 Å². The summed E-state index contributed by atoms with van der Waals surface area (Å²) in [5, 5.41) is 30.8. The predicted octanol–water partition coefficient (Wildman–Crippen LogP) is 19.2. The van der Waals surface area contributed by atoms with Crippen molar-refractivity contribution in [3.8, 4) is 0 Å². The van der Waals surface area contributed by atoms with Crippen molar-refractivity contribution in [3.63, 3.8) is 0 Å². The molecule has 0 rings (SSSR count).